The van der Waals surface area contributed by atoms with Crippen LogP contribution in [0.5, 0.6) is 0 Å². The zero-order chi connectivity index (χ0) is 13.1. The Kier molecular flexibility index (Phi) is 3.76. The van der Waals surface area contributed by atoms with Crippen LogP contribution >= 0.6 is 0 Å². The van der Waals surface area contributed by atoms with Crippen molar-refractivity contribution < 1.29 is 20.2 Å². The predicted molar refractivity (Wildman–Crippen MR) is 63.6 cm³/mol. The highest BCUT2D eigenvalue weighted by atomic mass is 16.5. The van der Waals surface area contributed by atoms with E-state index in [0.29, 0.717) is 10.6 Å². The summed E-state index contributed by atoms with van der Waals surface area (Å²) in [6.07, 6.45) is 1.23. The first-order valence-corrected chi connectivity index (χ1v) is 5.71. The van der Waals surface area contributed by atoms with Gasteiger partial charge in [0.05, 0.1) is 12.1 Å². The highest BCUT2D eigenvalue weighted by Crippen LogP contribution is 2.20. The third-order valence-electron chi connectivity index (χ3n) is 2.93. The van der Waals surface area contributed by atoms with Crippen molar-refractivity contribution in [2.24, 2.45) is 0 Å². The van der Waals surface area contributed by atoms with Crippen molar-refractivity contribution in [2.75, 3.05) is 0 Å². The van der Waals surface area contributed by atoms with Gasteiger partial charge in [0.2, 0.25) is 0 Å². The first-order valence-electron chi connectivity index (χ1n) is 5.71. The van der Waals surface area contributed by atoms with Crippen LogP contribution < -0.4 is 0 Å². The molecule has 0 fully saturated rings. The normalized spacial score (nSPS) is 23.9. The van der Waals surface area contributed by atoms with E-state index in [1.54, 1.807) is 36.4 Å². The third-order valence-corrected chi connectivity index (χ3v) is 2.93. The molecule has 0 heterocycles. The molecular formula is C13H15NO4. The molecule has 3 N–H and O–H groups in total. The lowest BCUT2D eigenvalue weighted by Crippen LogP contribution is -2.39. The summed E-state index contributed by atoms with van der Waals surface area (Å²) < 4.78 is 0. The topological polar surface area (TPSA) is 81.0 Å². The quantitative estimate of drug-likeness (QED) is 0.417. The molecule has 0 radical (unpaired) electrons. The first kappa shape index (κ1) is 12.8. The molecule has 1 aromatic carbocycles. The van der Waals surface area contributed by atoms with Crippen LogP contribution in [-0.4, -0.2) is 38.5 Å². The molecule has 0 spiro atoms. The van der Waals surface area contributed by atoms with E-state index in [1.165, 1.54) is 6.08 Å². The van der Waals surface area contributed by atoms with Crippen molar-refractivity contribution in [2.45, 2.75) is 24.7 Å². The summed E-state index contributed by atoms with van der Waals surface area (Å²) in [5.74, 6) is -0.801. The molecule has 0 aromatic heterocycles. The number of hydrogen-bond donors (Lipinski definition) is 3. The number of benzene rings is 1. The SMILES string of the molecule is O=C([C@H](O)c1ccccc1)N(O)[C@H]1C=C[C@@H](O)C1. The number of aliphatic hydroxyl groups is 2. The maximum absolute atomic E-state index is 11.8. The molecular weight excluding hydrogens is 234 g/mol. The Morgan fingerprint density at radius 3 is 2.50 bits per heavy atom. The summed E-state index contributed by atoms with van der Waals surface area (Å²) >= 11 is 0. The van der Waals surface area contributed by atoms with Crippen LogP contribution in [0.25, 0.3) is 0 Å². The lowest BCUT2D eigenvalue weighted by molar-refractivity contribution is -0.182. The molecule has 0 unspecified atom stereocenters. The Hall–Kier alpha value is -1.69. The van der Waals surface area contributed by atoms with Gasteiger partial charge in [-0.05, 0) is 5.56 Å². The molecule has 0 bridgehead atoms. The summed E-state index contributed by atoms with van der Waals surface area (Å²) in [6.45, 7) is 0. The van der Waals surface area contributed by atoms with E-state index in [1.807, 2.05) is 0 Å². The summed E-state index contributed by atoms with van der Waals surface area (Å²) in [4.78, 5) is 11.8. The van der Waals surface area contributed by atoms with Gasteiger partial charge in [-0.1, -0.05) is 42.5 Å². The Labute approximate surface area is 105 Å². The first-order chi connectivity index (χ1) is 8.59. The highest BCUT2D eigenvalue weighted by molar-refractivity contribution is 5.81. The maximum atomic E-state index is 11.8. The molecule has 1 aliphatic carbocycles. The standard InChI is InChI=1S/C13H15NO4/c15-11-7-6-10(8-11)14(18)13(17)12(16)9-4-2-1-3-5-9/h1-7,10-12,15-16,18H,8H2/t10-,11+,12+/m0/s1. The maximum Gasteiger partial charge on any atom is 0.279 e. The van der Waals surface area contributed by atoms with Crippen molar-refractivity contribution in [1.29, 1.82) is 0 Å². The number of amides is 1. The lowest BCUT2D eigenvalue weighted by Gasteiger charge is -2.23. The van der Waals surface area contributed by atoms with Crippen LogP contribution in [0.2, 0.25) is 0 Å². The molecule has 18 heavy (non-hydrogen) atoms. The van der Waals surface area contributed by atoms with Gasteiger partial charge in [0.1, 0.15) is 0 Å². The molecule has 0 aliphatic heterocycles. The van der Waals surface area contributed by atoms with Gasteiger partial charge in [0, 0.05) is 6.42 Å². The van der Waals surface area contributed by atoms with E-state index >= 15 is 0 Å². The number of aliphatic hydroxyl groups excluding tert-OH is 2. The van der Waals surface area contributed by atoms with Crippen LogP contribution in [0.3, 0.4) is 0 Å². The van der Waals surface area contributed by atoms with Crippen LogP contribution in [0.15, 0.2) is 42.5 Å². The summed E-state index contributed by atoms with van der Waals surface area (Å²) in [7, 11) is 0. The minimum absolute atomic E-state index is 0.240. The zero-order valence-corrected chi connectivity index (χ0v) is 9.68. The fourth-order valence-electron chi connectivity index (χ4n) is 1.91. The third kappa shape index (κ3) is 2.59. The van der Waals surface area contributed by atoms with E-state index in [0.717, 1.165) is 0 Å². The van der Waals surface area contributed by atoms with Gasteiger partial charge in [-0.25, -0.2) is 5.06 Å². The number of hydroxylamine groups is 2. The van der Waals surface area contributed by atoms with E-state index in [4.69, 9.17) is 0 Å². The molecule has 1 amide bonds. The second-order valence-corrected chi connectivity index (χ2v) is 4.25. The van der Waals surface area contributed by atoms with Gasteiger partial charge in [-0.15, -0.1) is 0 Å². The van der Waals surface area contributed by atoms with Crippen LogP contribution in [0.4, 0.5) is 0 Å². The molecule has 0 saturated heterocycles. The summed E-state index contributed by atoms with van der Waals surface area (Å²) in [5, 5.41) is 29.3. The monoisotopic (exact) mass is 249 g/mol. The van der Waals surface area contributed by atoms with E-state index in [2.05, 4.69) is 0 Å². The molecule has 5 heteroatoms. The minimum Gasteiger partial charge on any atom is -0.389 e. The number of hydrogen-bond acceptors (Lipinski definition) is 4. The van der Waals surface area contributed by atoms with Crippen molar-refractivity contribution in [3.8, 4) is 0 Å². The second-order valence-electron chi connectivity index (χ2n) is 4.25. The number of rotatable bonds is 3. The van der Waals surface area contributed by atoms with Gasteiger partial charge in [-0.3, -0.25) is 10.0 Å². The molecule has 1 aliphatic rings. The Balaban J connectivity index is 2.05. The molecule has 2 rings (SSSR count). The number of carbonyl (C=O) groups excluding carboxylic acids is 1. The molecule has 1 aromatic rings. The van der Waals surface area contributed by atoms with Gasteiger partial charge in [0.15, 0.2) is 6.10 Å². The van der Waals surface area contributed by atoms with E-state index < -0.39 is 24.2 Å². The predicted octanol–water partition coefficient (Wildman–Crippen LogP) is 0.627. The fourth-order valence-corrected chi connectivity index (χ4v) is 1.91. The molecule has 0 saturated carbocycles. The van der Waals surface area contributed by atoms with E-state index in [-0.39, 0.29) is 6.42 Å². The molecule has 96 valence electrons. The number of nitrogens with zero attached hydrogens (tertiary/aromatic N) is 1. The van der Waals surface area contributed by atoms with Crippen molar-refractivity contribution in [3.63, 3.8) is 0 Å². The van der Waals surface area contributed by atoms with Crippen LogP contribution in [0.1, 0.15) is 18.1 Å². The minimum atomic E-state index is -1.40. The van der Waals surface area contributed by atoms with Crippen LogP contribution in [0, 0.1) is 0 Å². The Bertz CT molecular complexity index is 446. The lowest BCUT2D eigenvalue weighted by atomic mass is 10.1. The summed E-state index contributed by atoms with van der Waals surface area (Å²) in [5.41, 5.74) is 0.420. The average molecular weight is 249 g/mol. The zero-order valence-electron chi connectivity index (χ0n) is 9.68. The number of carbonyl (C=O) groups is 1. The van der Waals surface area contributed by atoms with Gasteiger partial charge >= 0.3 is 0 Å². The van der Waals surface area contributed by atoms with Gasteiger partial charge in [0.25, 0.3) is 5.91 Å². The van der Waals surface area contributed by atoms with Crippen molar-refractivity contribution in [3.05, 3.63) is 48.0 Å². The van der Waals surface area contributed by atoms with Crippen molar-refractivity contribution in [1.82, 2.24) is 5.06 Å². The van der Waals surface area contributed by atoms with Crippen molar-refractivity contribution >= 4 is 5.91 Å². The molecule has 3 atom stereocenters. The summed E-state index contributed by atoms with van der Waals surface area (Å²) in [6, 6.07) is 7.80. The van der Waals surface area contributed by atoms with Crippen LogP contribution in [-0.2, 0) is 4.79 Å². The van der Waals surface area contributed by atoms with E-state index in [9.17, 15) is 20.2 Å². The highest BCUT2D eigenvalue weighted by Gasteiger charge is 2.30. The van der Waals surface area contributed by atoms with Gasteiger partial charge < -0.3 is 10.2 Å². The Morgan fingerprint density at radius 2 is 1.94 bits per heavy atom. The molecule has 5 nitrogen and oxygen atoms in total. The average Bonchev–Trinajstić information content (AvgIpc) is 2.84. The largest absolute Gasteiger partial charge is 0.389 e. The smallest absolute Gasteiger partial charge is 0.279 e. The second kappa shape index (κ2) is 5.30. The van der Waals surface area contributed by atoms with Gasteiger partial charge in [-0.2, -0.15) is 0 Å². The fraction of sp³-hybridized carbons (Fsp3) is 0.308. The Morgan fingerprint density at radius 1 is 1.28 bits per heavy atom.